The minimum absolute atomic E-state index is 0.0670. The SMILES string of the molecule is Cn1cccc(C(=O)N2CCCC(Oc3ccncc3)C2)c1=O. The Morgan fingerprint density at radius 1 is 1.30 bits per heavy atom. The molecule has 1 unspecified atom stereocenters. The van der Waals surface area contributed by atoms with Crippen LogP contribution in [0.2, 0.25) is 0 Å². The molecule has 0 aromatic carbocycles. The second-order valence-corrected chi connectivity index (χ2v) is 5.65. The van der Waals surface area contributed by atoms with Crippen LogP contribution in [0.25, 0.3) is 0 Å². The number of aryl methyl sites for hydroxylation is 1. The van der Waals surface area contributed by atoms with Crippen molar-refractivity contribution in [1.82, 2.24) is 14.5 Å². The first-order chi connectivity index (χ1) is 11.1. The summed E-state index contributed by atoms with van der Waals surface area (Å²) in [6, 6.07) is 6.89. The first-order valence-electron chi connectivity index (χ1n) is 7.67. The number of likely N-dealkylation sites (tertiary alicyclic amines) is 1. The van der Waals surface area contributed by atoms with Crippen LogP contribution in [0.15, 0.2) is 47.7 Å². The first-order valence-corrected chi connectivity index (χ1v) is 7.67. The highest BCUT2D eigenvalue weighted by molar-refractivity contribution is 5.93. The van der Waals surface area contributed by atoms with E-state index in [2.05, 4.69) is 4.98 Å². The van der Waals surface area contributed by atoms with Crippen molar-refractivity contribution in [3.8, 4) is 5.75 Å². The van der Waals surface area contributed by atoms with E-state index in [0.717, 1.165) is 18.6 Å². The van der Waals surface area contributed by atoms with E-state index in [1.807, 2.05) is 0 Å². The third-order valence-electron chi connectivity index (χ3n) is 3.97. The van der Waals surface area contributed by atoms with Crippen LogP contribution in [0.4, 0.5) is 0 Å². The van der Waals surface area contributed by atoms with Crippen molar-refractivity contribution in [3.63, 3.8) is 0 Å². The van der Waals surface area contributed by atoms with Crippen LogP contribution >= 0.6 is 0 Å². The Morgan fingerprint density at radius 2 is 2.09 bits per heavy atom. The van der Waals surface area contributed by atoms with Gasteiger partial charge >= 0.3 is 0 Å². The number of aromatic nitrogens is 2. The number of hydrogen-bond acceptors (Lipinski definition) is 4. The molecule has 1 fully saturated rings. The molecule has 120 valence electrons. The minimum Gasteiger partial charge on any atom is -0.488 e. The summed E-state index contributed by atoms with van der Waals surface area (Å²) in [7, 11) is 1.64. The van der Waals surface area contributed by atoms with Crippen molar-refractivity contribution in [3.05, 3.63) is 58.8 Å². The number of pyridine rings is 2. The maximum atomic E-state index is 12.6. The molecule has 1 aliphatic heterocycles. The smallest absolute Gasteiger partial charge is 0.263 e. The number of rotatable bonds is 3. The van der Waals surface area contributed by atoms with E-state index in [0.29, 0.717) is 13.1 Å². The Hall–Kier alpha value is -2.63. The fraction of sp³-hybridized carbons (Fsp3) is 0.353. The van der Waals surface area contributed by atoms with Gasteiger partial charge in [0, 0.05) is 32.2 Å². The van der Waals surface area contributed by atoms with Crippen molar-refractivity contribution in [2.75, 3.05) is 13.1 Å². The van der Waals surface area contributed by atoms with Gasteiger partial charge in [0.05, 0.1) is 6.54 Å². The zero-order valence-electron chi connectivity index (χ0n) is 13.0. The molecule has 6 heteroatoms. The summed E-state index contributed by atoms with van der Waals surface area (Å²) in [6.07, 6.45) is 6.67. The molecule has 1 amide bonds. The summed E-state index contributed by atoms with van der Waals surface area (Å²) >= 11 is 0. The zero-order valence-corrected chi connectivity index (χ0v) is 13.0. The average molecular weight is 313 g/mol. The van der Waals surface area contributed by atoms with Gasteiger partial charge in [0.2, 0.25) is 0 Å². The Balaban J connectivity index is 1.72. The number of hydrogen-bond donors (Lipinski definition) is 0. The molecule has 3 rings (SSSR count). The Kier molecular flexibility index (Phi) is 4.41. The van der Waals surface area contributed by atoms with Gasteiger partial charge < -0.3 is 14.2 Å². The van der Waals surface area contributed by atoms with Gasteiger partial charge in [-0.25, -0.2) is 0 Å². The topological polar surface area (TPSA) is 64.4 Å². The van der Waals surface area contributed by atoms with Crippen LogP contribution in [0.5, 0.6) is 5.75 Å². The molecule has 0 radical (unpaired) electrons. The maximum absolute atomic E-state index is 12.6. The molecule has 1 atom stereocenters. The number of carbonyl (C=O) groups is 1. The van der Waals surface area contributed by atoms with Gasteiger partial charge in [0.15, 0.2) is 0 Å². The molecule has 0 N–H and O–H groups in total. The average Bonchev–Trinajstić information content (AvgIpc) is 2.58. The predicted molar refractivity (Wildman–Crippen MR) is 85.5 cm³/mol. The number of carbonyl (C=O) groups excluding carboxylic acids is 1. The molecule has 2 aromatic heterocycles. The van der Waals surface area contributed by atoms with Gasteiger partial charge in [0.1, 0.15) is 17.4 Å². The normalized spacial score (nSPS) is 17.8. The second kappa shape index (κ2) is 6.64. The summed E-state index contributed by atoms with van der Waals surface area (Å²) in [6.45, 7) is 1.13. The highest BCUT2D eigenvalue weighted by Crippen LogP contribution is 2.18. The van der Waals surface area contributed by atoms with Gasteiger partial charge in [-0.15, -0.1) is 0 Å². The van der Waals surface area contributed by atoms with E-state index in [9.17, 15) is 9.59 Å². The lowest BCUT2D eigenvalue weighted by Gasteiger charge is -2.32. The van der Waals surface area contributed by atoms with Gasteiger partial charge in [-0.05, 0) is 37.1 Å². The zero-order chi connectivity index (χ0) is 16.2. The van der Waals surface area contributed by atoms with Crippen LogP contribution in [0.1, 0.15) is 23.2 Å². The summed E-state index contributed by atoms with van der Waals surface area (Å²) in [5.41, 5.74) is -0.0609. The lowest BCUT2D eigenvalue weighted by atomic mass is 10.1. The molecule has 0 aliphatic carbocycles. The quantitative estimate of drug-likeness (QED) is 0.860. The lowest BCUT2D eigenvalue weighted by molar-refractivity contribution is 0.0535. The monoisotopic (exact) mass is 313 g/mol. The molecule has 1 saturated heterocycles. The van der Waals surface area contributed by atoms with E-state index in [1.54, 1.807) is 54.8 Å². The standard InChI is InChI=1S/C17H19N3O3/c1-19-10-3-5-15(16(19)21)17(22)20-11-2-4-14(12-20)23-13-6-8-18-9-7-13/h3,5-10,14H,2,4,11-12H2,1H3. The molecule has 2 aromatic rings. The molecule has 0 bridgehead atoms. The van der Waals surface area contributed by atoms with Crippen LogP contribution in [0.3, 0.4) is 0 Å². The first kappa shape index (κ1) is 15.3. The highest BCUT2D eigenvalue weighted by Gasteiger charge is 2.27. The van der Waals surface area contributed by atoms with E-state index in [4.69, 9.17) is 4.74 Å². The highest BCUT2D eigenvalue weighted by atomic mass is 16.5. The summed E-state index contributed by atoms with van der Waals surface area (Å²) < 4.78 is 7.33. The Labute approximate surface area is 134 Å². The van der Waals surface area contributed by atoms with Crippen molar-refractivity contribution >= 4 is 5.91 Å². The van der Waals surface area contributed by atoms with Gasteiger partial charge in [-0.2, -0.15) is 0 Å². The van der Waals surface area contributed by atoms with Crippen LogP contribution in [0, 0.1) is 0 Å². The van der Waals surface area contributed by atoms with Crippen LogP contribution in [-0.4, -0.2) is 39.6 Å². The van der Waals surface area contributed by atoms with Crippen molar-refractivity contribution in [1.29, 1.82) is 0 Å². The van der Waals surface area contributed by atoms with E-state index < -0.39 is 0 Å². The van der Waals surface area contributed by atoms with E-state index in [-0.39, 0.29) is 23.1 Å². The maximum Gasteiger partial charge on any atom is 0.263 e. The summed E-state index contributed by atoms with van der Waals surface area (Å²) in [4.78, 5) is 30.4. The Morgan fingerprint density at radius 3 is 2.87 bits per heavy atom. The van der Waals surface area contributed by atoms with E-state index >= 15 is 0 Å². The fourth-order valence-corrected chi connectivity index (χ4v) is 2.76. The lowest BCUT2D eigenvalue weighted by Crippen LogP contribution is -2.46. The van der Waals surface area contributed by atoms with Gasteiger partial charge in [0.25, 0.3) is 11.5 Å². The number of piperidine rings is 1. The van der Waals surface area contributed by atoms with Crippen molar-refractivity contribution in [2.24, 2.45) is 7.05 Å². The number of ether oxygens (including phenoxy) is 1. The molecular formula is C17H19N3O3. The fourth-order valence-electron chi connectivity index (χ4n) is 2.76. The second-order valence-electron chi connectivity index (χ2n) is 5.65. The third-order valence-corrected chi connectivity index (χ3v) is 3.97. The van der Waals surface area contributed by atoms with Crippen molar-refractivity contribution < 1.29 is 9.53 Å². The molecule has 1 aliphatic rings. The largest absolute Gasteiger partial charge is 0.488 e. The minimum atomic E-state index is -0.269. The van der Waals surface area contributed by atoms with Gasteiger partial charge in [-0.3, -0.25) is 14.6 Å². The molecule has 0 saturated carbocycles. The van der Waals surface area contributed by atoms with E-state index in [1.165, 1.54) is 4.57 Å². The van der Waals surface area contributed by atoms with Crippen molar-refractivity contribution in [2.45, 2.75) is 18.9 Å². The Bertz CT molecular complexity index is 742. The summed E-state index contributed by atoms with van der Waals surface area (Å²) in [5, 5.41) is 0. The number of nitrogens with zero attached hydrogens (tertiary/aromatic N) is 3. The van der Waals surface area contributed by atoms with Crippen LogP contribution < -0.4 is 10.3 Å². The predicted octanol–water partition coefficient (Wildman–Crippen LogP) is 1.46. The molecule has 3 heterocycles. The number of amides is 1. The third kappa shape index (κ3) is 3.41. The molecular weight excluding hydrogens is 294 g/mol. The van der Waals surface area contributed by atoms with Gasteiger partial charge in [-0.1, -0.05) is 0 Å². The molecule has 6 nitrogen and oxygen atoms in total. The van der Waals surface area contributed by atoms with Crippen LogP contribution in [-0.2, 0) is 7.05 Å². The molecule has 23 heavy (non-hydrogen) atoms. The summed E-state index contributed by atoms with van der Waals surface area (Å²) in [5.74, 6) is 0.518. The molecule has 0 spiro atoms.